The molecule has 0 aromatic carbocycles. The number of likely N-dealkylation sites (tertiary alicyclic amines) is 1. The summed E-state index contributed by atoms with van der Waals surface area (Å²) in [4.78, 5) is 1.33. The first-order chi connectivity index (χ1) is 9.16. The number of rotatable bonds is 2. The third-order valence-electron chi connectivity index (χ3n) is 4.41. The van der Waals surface area contributed by atoms with Gasteiger partial charge in [-0.3, -0.25) is 0 Å². The van der Waals surface area contributed by atoms with Gasteiger partial charge < -0.3 is 10.2 Å². The van der Waals surface area contributed by atoms with Crippen molar-refractivity contribution in [1.29, 1.82) is 0 Å². The smallest absolute Gasteiger partial charge is 0.317 e. The van der Waals surface area contributed by atoms with E-state index in [0.29, 0.717) is 6.54 Å². The van der Waals surface area contributed by atoms with Crippen molar-refractivity contribution in [3.05, 3.63) is 0 Å². The maximum Gasteiger partial charge on any atom is 0.404 e. The number of hydrogen-bond acceptors (Lipinski definition) is 2. The summed E-state index contributed by atoms with van der Waals surface area (Å²) in [6.07, 6.45) is -9.75. The maximum absolute atomic E-state index is 12.9. The predicted molar refractivity (Wildman–Crippen MR) is 68.4 cm³/mol. The highest BCUT2D eigenvalue weighted by molar-refractivity contribution is 5.85. The van der Waals surface area contributed by atoms with E-state index in [4.69, 9.17) is 0 Å². The molecule has 0 radical (unpaired) electrons. The molecular formula is C12H19ClF6N2. The molecule has 2 fully saturated rings. The van der Waals surface area contributed by atoms with Crippen LogP contribution in [0.2, 0.25) is 0 Å². The average molecular weight is 341 g/mol. The fourth-order valence-electron chi connectivity index (χ4n) is 3.10. The van der Waals surface area contributed by atoms with E-state index in [1.54, 1.807) is 0 Å². The highest BCUT2D eigenvalue weighted by Crippen LogP contribution is 2.55. The SMILES string of the molecule is Cl.FC(F)(F)C1(C(F)(F)F)CCN(CC2CCNCC2)C1. The molecule has 1 N–H and O–H groups in total. The standard InChI is InChI=1S/C12H18F6N2.ClH/c13-11(14,15)10(12(16,17)18)3-6-20(8-10)7-9-1-4-19-5-2-9;/h9,19H,1-8H2;1H. The second-order valence-electron chi connectivity index (χ2n) is 5.76. The molecule has 0 aliphatic carbocycles. The zero-order valence-electron chi connectivity index (χ0n) is 11.4. The Labute approximate surface area is 125 Å². The molecule has 0 spiro atoms. The van der Waals surface area contributed by atoms with Crippen LogP contribution in [0.15, 0.2) is 0 Å². The maximum atomic E-state index is 12.9. The second-order valence-corrected chi connectivity index (χ2v) is 5.76. The summed E-state index contributed by atoms with van der Waals surface area (Å²) < 4.78 is 77.4. The molecule has 2 nitrogen and oxygen atoms in total. The Morgan fingerprint density at radius 3 is 1.95 bits per heavy atom. The molecule has 126 valence electrons. The van der Waals surface area contributed by atoms with E-state index in [1.165, 1.54) is 4.90 Å². The van der Waals surface area contributed by atoms with Gasteiger partial charge >= 0.3 is 12.4 Å². The van der Waals surface area contributed by atoms with Crippen molar-refractivity contribution in [2.24, 2.45) is 11.3 Å². The van der Waals surface area contributed by atoms with E-state index >= 15 is 0 Å². The summed E-state index contributed by atoms with van der Waals surface area (Å²) >= 11 is 0. The Balaban J connectivity index is 0.00000220. The lowest BCUT2D eigenvalue weighted by atomic mass is 9.85. The highest BCUT2D eigenvalue weighted by Gasteiger charge is 2.72. The molecule has 2 aliphatic heterocycles. The predicted octanol–water partition coefficient (Wildman–Crippen LogP) is 3.22. The molecule has 0 aromatic rings. The van der Waals surface area contributed by atoms with Gasteiger partial charge in [0.1, 0.15) is 0 Å². The molecule has 21 heavy (non-hydrogen) atoms. The summed E-state index contributed by atoms with van der Waals surface area (Å²) in [5.41, 5.74) is -3.55. The Hall–Kier alpha value is -0.210. The summed E-state index contributed by atoms with van der Waals surface area (Å²) in [7, 11) is 0. The molecule has 2 aliphatic rings. The summed E-state index contributed by atoms with van der Waals surface area (Å²) in [5.74, 6) is 0.188. The van der Waals surface area contributed by atoms with Gasteiger partial charge in [0.25, 0.3) is 0 Å². The number of nitrogens with zero attached hydrogens (tertiary/aromatic N) is 1. The first kappa shape index (κ1) is 18.8. The van der Waals surface area contributed by atoms with Crippen LogP contribution < -0.4 is 5.32 Å². The van der Waals surface area contributed by atoms with Gasteiger partial charge in [0.2, 0.25) is 0 Å². The zero-order valence-corrected chi connectivity index (χ0v) is 12.2. The molecule has 0 unspecified atom stereocenters. The van der Waals surface area contributed by atoms with E-state index in [-0.39, 0.29) is 24.9 Å². The monoisotopic (exact) mass is 340 g/mol. The van der Waals surface area contributed by atoms with Crippen LogP contribution in [0.4, 0.5) is 26.3 Å². The lowest BCUT2D eigenvalue weighted by Gasteiger charge is -2.34. The van der Waals surface area contributed by atoms with Gasteiger partial charge in [-0.15, -0.1) is 12.4 Å². The fraction of sp³-hybridized carbons (Fsp3) is 1.00. The van der Waals surface area contributed by atoms with Gasteiger partial charge in [0.15, 0.2) is 5.41 Å². The number of piperidine rings is 1. The number of alkyl halides is 6. The van der Waals surface area contributed by atoms with Crippen LogP contribution >= 0.6 is 12.4 Å². The van der Waals surface area contributed by atoms with Gasteiger partial charge in [-0.25, -0.2) is 0 Å². The normalized spacial score (nSPS) is 24.9. The van der Waals surface area contributed by atoms with Crippen molar-refractivity contribution < 1.29 is 26.3 Å². The van der Waals surface area contributed by atoms with E-state index in [2.05, 4.69) is 5.32 Å². The minimum atomic E-state index is -5.24. The van der Waals surface area contributed by atoms with Gasteiger partial charge in [0, 0.05) is 13.1 Å². The first-order valence-electron chi connectivity index (χ1n) is 6.72. The molecule has 0 atom stereocenters. The van der Waals surface area contributed by atoms with Gasteiger partial charge in [-0.05, 0) is 44.8 Å². The van der Waals surface area contributed by atoms with Crippen LogP contribution in [-0.2, 0) is 0 Å². The highest BCUT2D eigenvalue weighted by atomic mass is 35.5. The van der Waals surface area contributed by atoms with Crippen LogP contribution in [0.3, 0.4) is 0 Å². The van der Waals surface area contributed by atoms with Crippen LogP contribution in [-0.4, -0.2) is 50.0 Å². The lowest BCUT2D eigenvalue weighted by molar-refractivity contribution is -0.335. The van der Waals surface area contributed by atoms with E-state index < -0.39 is 30.7 Å². The summed E-state index contributed by atoms with van der Waals surface area (Å²) in [5, 5.41) is 3.13. The third kappa shape index (κ3) is 3.76. The quantitative estimate of drug-likeness (QED) is 0.776. The zero-order chi connectivity index (χ0) is 15.0. The number of halogens is 7. The molecule has 0 bridgehead atoms. The largest absolute Gasteiger partial charge is 0.404 e. The van der Waals surface area contributed by atoms with Crippen LogP contribution in [0.1, 0.15) is 19.3 Å². The Morgan fingerprint density at radius 2 is 1.52 bits per heavy atom. The third-order valence-corrected chi connectivity index (χ3v) is 4.41. The topological polar surface area (TPSA) is 15.3 Å². The molecule has 2 rings (SSSR count). The number of nitrogens with one attached hydrogen (secondary N) is 1. The molecule has 0 aromatic heterocycles. The molecule has 9 heteroatoms. The summed E-state index contributed by atoms with van der Waals surface area (Å²) in [6.45, 7) is 0.798. The Bertz CT molecular complexity index is 324. The minimum absolute atomic E-state index is 0. The van der Waals surface area contributed by atoms with Gasteiger partial charge in [-0.2, -0.15) is 26.3 Å². The van der Waals surface area contributed by atoms with Crippen molar-refractivity contribution in [2.75, 3.05) is 32.7 Å². The van der Waals surface area contributed by atoms with Crippen molar-refractivity contribution in [1.82, 2.24) is 10.2 Å². The molecule has 0 saturated carbocycles. The lowest BCUT2D eigenvalue weighted by Crippen LogP contribution is -2.52. The molecule has 2 saturated heterocycles. The fourth-order valence-corrected chi connectivity index (χ4v) is 3.10. The average Bonchev–Trinajstić information content (AvgIpc) is 2.74. The van der Waals surface area contributed by atoms with Gasteiger partial charge in [-0.1, -0.05) is 0 Å². The Kier molecular flexibility index (Phi) is 5.83. The molecule has 2 heterocycles. The van der Waals surface area contributed by atoms with Crippen molar-refractivity contribution in [3.63, 3.8) is 0 Å². The second kappa shape index (κ2) is 6.50. The van der Waals surface area contributed by atoms with Crippen LogP contribution in [0, 0.1) is 11.3 Å². The van der Waals surface area contributed by atoms with Gasteiger partial charge in [0.05, 0.1) is 0 Å². The van der Waals surface area contributed by atoms with Crippen LogP contribution in [0.5, 0.6) is 0 Å². The van der Waals surface area contributed by atoms with E-state index in [9.17, 15) is 26.3 Å². The van der Waals surface area contributed by atoms with Crippen LogP contribution in [0.25, 0.3) is 0 Å². The number of hydrogen-bond donors (Lipinski definition) is 1. The van der Waals surface area contributed by atoms with E-state index in [1.807, 2.05) is 0 Å². The first-order valence-corrected chi connectivity index (χ1v) is 6.72. The molecular weight excluding hydrogens is 322 g/mol. The molecule has 0 amide bonds. The van der Waals surface area contributed by atoms with E-state index in [0.717, 1.165) is 25.9 Å². The summed E-state index contributed by atoms with van der Waals surface area (Å²) in [6, 6.07) is 0. The van der Waals surface area contributed by atoms with Crippen molar-refractivity contribution in [2.45, 2.75) is 31.6 Å². The van der Waals surface area contributed by atoms with Crippen molar-refractivity contribution >= 4 is 12.4 Å². The Morgan fingerprint density at radius 1 is 1.00 bits per heavy atom. The van der Waals surface area contributed by atoms with Crippen molar-refractivity contribution in [3.8, 4) is 0 Å². The minimum Gasteiger partial charge on any atom is -0.317 e.